The summed E-state index contributed by atoms with van der Waals surface area (Å²) in [5.41, 5.74) is 0. The van der Waals surface area contributed by atoms with Gasteiger partial charge >= 0.3 is 36.2 Å². The fourth-order valence-corrected chi connectivity index (χ4v) is 0.214. The van der Waals surface area contributed by atoms with Crippen molar-refractivity contribution in [2.75, 3.05) is 0 Å². The van der Waals surface area contributed by atoms with Crippen molar-refractivity contribution in [1.29, 1.82) is 0 Å². The molecular weight excluding hydrogens is 169 g/mol. The van der Waals surface area contributed by atoms with E-state index in [-0.39, 0.29) is 0 Å². The van der Waals surface area contributed by atoms with Crippen molar-refractivity contribution < 1.29 is 28.2 Å². The normalized spacial score (nSPS) is 7.56. The van der Waals surface area contributed by atoms with Gasteiger partial charge in [0, 0.05) is 6.42 Å². The fraction of sp³-hybridized carbons (Fsp3) is 0.833. The molecule has 0 spiro atoms. The van der Waals surface area contributed by atoms with Crippen molar-refractivity contribution >= 4 is 5.97 Å². The van der Waals surface area contributed by atoms with E-state index in [0.717, 1.165) is 6.42 Å². The molecule has 3 heteroatoms. The van der Waals surface area contributed by atoms with E-state index in [1.807, 2.05) is 6.92 Å². The molecule has 0 aliphatic rings. The van der Waals surface area contributed by atoms with Crippen molar-refractivity contribution in [3.8, 4) is 0 Å². The first-order chi connectivity index (χ1) is 4.18. The molecule has 0 aromatic carbocycles. The van der Waals surface area contributed by atoms with Crippen LogP contribution in [-0.4, -0.2) is 11.1 Å². The second kappa shape index (κ2) is 11.0. The number of carbonyl (C=O) groups is 1. The Balaban J connectivity index is 0. The Kier molecular flexibility index (Phi) is 14.4. The third kappa shape index (κ3) is 31.4. The zero-order valence-corrected chi connectivity index (χ0v) is 9.15. The average Bonchev–Trinajstić information content (AvgIpc) is 1.67. The van der Waals surface area contributed by atoms with Crippen molar-refractivity contribution in [1.82, 2.24) is 0 Å². The van der Waals surface area contributed by atoms with Crippen LogP contribution in [0, 0.1) is 0 Å². The summed E-state index contributed by atoms with van der Waals surface area (Å²) in [6, 6.07) is 0. The van der Waals surface area contributed by atoms with E-state index in [2.05, 4.69) is 6.92 Å². The van der Waals surface area contributed by atoms with Gasteiger partial charge in [-0.05, 0) is 6.42 Å². The average molecular weight is 183 g/mol. The first kappa shape index (κ1) is 11.8. The van der Waals surface area contributed by atoms with Crippen LogP contribution in [0.25, 0.3) is 0 Å². The minimum atomic E-state index is -0.711. The van der Waals surface area contributed by atoms with Gasteiger partial charge in [-0.2, -0.15) is 0 Å². The van der Waals surface area contributed by atoms with Gasteiger partial charge in [0.1, 0.15) is 0 Å². The molecule has 0 fully saturated rings. The standard InChI is InChI=1S/C4H8O2.C2H5.Zn/c1-2-3-4(5)6;1-2;/h2-3H2,1H3,(H,5,6);1H2,2H3;. The van der Waals surface area contributed by atoms with E-state index < -0.39 is 5.97 Å². The molecule has 0 heterocycles. The fourth-order valence-electron chi connectivity index (χ4n) is 0.214. The van der Waals surface area contributed by atoms with Gasteiger partial charge in [0.25, 0.3) is 0 Å². The van der Waals surface area contributed by atoms with Crippen molar-refractivity contribution in [3.05, 3.63) is 0 Å². The summed E-state index contributed by atoms with van der Waals surface area (Å²) in [5.74, 6) is -0.711. The summed E-state index contributed by atoms with van der Waals surface area (Å²) < 4.78 is 0. The zero-order chi connectivity index (χ0) is 7.70. The molecule has 2 nitrogen and oxygen atoms in total. The van der Waals surface area contributed by atoms with Crippen LogP contribution in [0.1, 0.15) is 26.7 Å². The molecule has 0 aromatic heterocycles. The third-order valence-corrected chi connectivity index (χ3v) is 0.464. The Bertz CT molecular complexity index is 64.1. The van der Waals surface area contributed by atoms with Crippen LogP contribution in [0.15, 0.2) is 0 Å². The predicted octanol–water partition coefficient (Wildman–Crippen LogP) is 1.84. The summed E-state index contributed by atoms with van der Waals surface area (Å²) in [6.45, 7) is 4.02. The van der Waals surface area contributed by atoms with Gasteiger partial charge in [0.15, 0.2) is 0 Å². The van der Waals surface area contributed by atoms with Crippen LogP contribution >= 0.6 is 0 Å². The van der Waals surface area contributed by atoms with Gasteiger partial charge in [-0.25, -0.2) is 0 Å². The molecule has 51 valence electrons. The molecule has 0 saturated carbocycles. The molecule has 9 heavy (non-hydrogen) atoms. The van der Waals surface area contributed by atoms with E-state index >= 15 is 0 Å². The molecule has 0 amide bonds. The van der Waals surface area contributed by atoms with Crippen molar-refractivity contribution in [2.24, 2.45) is 0 Å². The van der Waals surface area contributed by atoms with Gasteiger partial charge in [-0.1, -0.05) is 6.92 Å². The summed E-state index contributed by atoms with van der Waals surface area (Å²) in [7, 11) is 0. The first-order valence-corrected chi connectivity index (χ1v) is 5.29. The van der Waals surface area contributed by atoms with Crippen LogP contribution in [0.5, 0.6) is 0 Å². The Labute approximate surface area is 66.3 Å². The van der Waals surface area contributed by atoms with Crippen LogP contribution in [0.3, 0.4) is 0 Å². The van der Waals surface area contributed by atoms with Gasteiger partial charge in [0.05, 0.1) is 0 Å². The molecule has 0 aromatic rings. The van der Waals surface area contributed by atoms with E-state index in [1.165, 1.54) is 23.3 Å². The molecule has 0 unspecified atom stereocenters. The van der Waals surface area contributed by atoms with Gasteiger partial charge in [-0.15, -0.1) is 0 Å². The Hall–Kier alpha value is 0.0934. The number of hydrogen-bond acceptors (Lipinski definition) is 1. The van der Waals surface area contributed by atoms with E-state index in [9.17, 15) is 4.79 Å². The predicted molar refractivity (Wildman–Crippen MR) is 33.0 cm³/mol. The van der Waals surface area contributed by atoms with Gasteiger partial charge in [0.2, 0.25) is 0 Å². The number of rotatable bonds is 2. The van der Waals surface area contributed by atoms with Crippen LogP contribution < -0.4 is 0 Å². The molecule has 0 atom stereocenters. The maximum atomic E-state index is 9.60. The molecule has 0 aliphatic carbocycles. The molecule has 0 bridgehead atoms. The summed E-state index contributed by atoms with van der Waals surface area (Å²) in [6.07, 6.45) is 1.02. The van der Waals surface area contributed by atoms with Gasteiger partial charge < -0.3 is 5.11 Å². The van der Waals surface area contributed by atoms with E-state index in [0.29, 0.717) is 6.42 Å². The topological polar surface area (TPSA) is 37.3 Å². The molecule has 0 rings (SSSR count). The monoisotopic (exact) mass is 181 g/mol. The van der Waals surface area contributed by atoms with Crippen LogP contribution in [0.2, 0.25) is 5.02 Å². The summed E-state index contributed by atoms with van der Waals surface area (Å²) in [4.78, 5) is 9.60. The first-order valence-electron chi connectivity index (χ1n) is 3.20. The Morgan fingerprint density at radius 3 is 1.89 bits per heavy atom. The maximum absolute atomic E-state index is 9.60. The zero-order valence-electron chi connectivity index (χ0n) is 6.18. The molecule has 0 aliphatic heterocycles. The Morgan fingerprint density at radius 2 is 1.89 bits per heavy atom. The second-order valence-electron chi connectivity index (χ2n) is 1.64. The molecule has 0 saturated heterocycles. The van der Waals surface area contributed by atoms with Crippen LogP contribution in [-0.2, 0) is 23.1 Å². The number of carboxylic acid groups (broad SMARTS) is 1. The SMILES string of the molecule is CCCC(=O)O.C[CH2][Zn]. The summed E-state index contributed by atoms with van der Waals surface area (Å²) in [5, 5.41) is 9.29. The van der Waals surface area contributed by atoms with E-state index in [4.69, 9.17) is 5.11 Å². The molecule has 0 radical (unpaired) electrons. The number of carboxylic acids is 1. The van der Waals surface area contributed by atoms with Crippen molar-refractivity contribution in [3.63, 3.8) is 0 Å². The molecule has 1 N–H and O–H groups in total. The Morgan fingerprint density at radius 1 is 1.56 bits per heavy atom. The van der Waals surface area contributed by atoms with Crippen LogP contribution in [0.4, 0.5) is 0 Å². The number of hydrogen-bond donors (Lipinski definition) is 1. The quantitative estimate of drug-likeness (QED) is 0.662. The molecular formula is C6H13O2Zn. The van der Waals surface area contributed by atoms with E-state index in [1.54, 1.807) is 0 Å². The number of aliphatic carboxylic acids is 1. The third-order valence-electron chi connectivity index (χ3n) is 0.464. The second-order valence-corrected chi connectivity index (χ2v) is 3.74. The van der Waals surface area contributed by atoms with Gasteiger partial charge in [-0.3, -0.25) is 4.79 Å². The minimum absolute atomic E-state index is 0.292. The summed E-state index contributed by atoms with van der Waals surface area (Å²) >= 11 is 1.44. The van der Waals surface area contributed by atoms with Crippen molar-refractivity contribution in [2.45, 2.75) is 31.7 Å².